The van der Waals surface area contributed by atoms with Gasteiger partial charge >= 0.3 is 0 Å². The van der Waals surface area contributed by atoms with Gasteiger partial charge in [0.15, 0.2) is 6.10 Å². The van der Waals surface area contributed by atoms with Gasteiger partial charge in [-0.2, -0.15) is 0 Å². The molecule has 0 saturated carbocycles. The second-order valence-electron chi connectivity index (χ2n) is 5.75. The number of rotatable bonds is 5. The summed E-state index contributed by atoms with van der Waals surface area (Å²) in [6.45, 7) is 5.72. The van der Waals surface area contributed by atoms with Crippen molar-refractivity contribution in [3.05, 3.63) is 59.9 Å². The van der Waals surface area contributed by atoms with Crippen molar-refractivity contribution < 1.29 is 9.53 Å². The van der Waals surface area contributed by atoms with Crippen LogP contribution in [-0.2, 0) is 4.79 Å². The smallest absolute Gasteiger partial charge is 0.265 e. The predicted octanol–water partition coefficient (Wildman–Crippen LogP) is 2.69. The molecule has 0 aliphatic heterocycles. The lowest BCUT2D eigenvalue weighted by Gasteiger charge is -2.17. The summed E-state index contributed by atoms with van der Waals surface area (Å²) in [5.74, 6) is 0.507. The molecule has 3 aromatic rings. The fraction of sp³-hybridized carbons (Fsp3) is 0.222. The van der Waals surface area contributed by atoms with Crippen molar-refractivity contribution in [3.63, 3.8) is 0 Å². The predicted molar refractivity (Wildman–Crippen MR) is 93.8 cm³/mol. The minimum Gasteiger partial charge on any atom is -0.481 e. The Kier molecular flexibility index (Phi) is 4.74. The van der Waals surface area contributed by atoms with Gasteiger partial charge in [0.1, 0.15) is 12.1 Å². The molecule has 1 N–H and O–H groups in total. The number of ether oxygens (including phenoxy) is 1. The number of amides is 1. The van der Waals surface area contributed by atoms with Crippen LogP contribution in [0.5, 0.6) is 5.75 Å². The molecule has 0 spiro atoms. The zero-order valence-corrected chi connectivity index (χ0v) is 14.3. The van der Waals surface area contributed by atoms with Crippen molar-refractivity contribution in [2.45, 2.75) is 26.9 Å². The van der Waals surface area contributed by atoms with Gasteiger partial charge < -0.3 is 10.1 Å². The van der Waals surface area contributed by atoms with Crippen LogP contribution in [0.25, 0.3) is 5.69 Å². The number of hydrogen-bond donors (Lipinski definition) is 1. The minimum absolute atomic E-state index is 0.212. The molecule has 0 saturated heterocycles. The maximum Gasteiger partial charge on any atom is 0.265 e. The zero-order chi connectivity index (χ0) is 17.8. The molecule has 7 heteroatoms. The fourth-order valence-electron chi connectivity index (χ4n) is 2.32. The highest BCUT2D eigenvalue weighted by molar-refractivity contribution is 5.94. The molecule has 0 aliphatic carbocycles. The molecule has 25 heavy (non-hydrogen) atoms. The first-order chi connectivity index (χ1) is 12.0. The Morgan fingerprint density at radius 3 is 2.60 bits per heavy atom. The second-order valence-corrected chi connectivity index (χ2v) is 5.75. The van der Waals surface area contributed by atoms with E-state index in [1.807, 2.05) is 44.2 Å². The number of aryl methyl sites for hydroxylation is 1. The SMILES string of the molecule is Cc1cccc(O[C@@H](C)C(=O)Nc2ccc(-n3cnnn3)cc2)c1C. The summed E-state index contributed by atoms with van der Waals surface area (Å²) >= 11 is 0. The minimum atomic E-state index is -0.611. The Balaban J connectivity index is 1.64. The molecule has 128 valence electrons. The second kappa shape index (κ2) is 7.12. The monoisotopic (exact) mass is 337 g/mol. The molecule has 0 fully saturated rings. The van der Waals surface area contributed by atoms with Crippen LogP contribution in [0.2, 0.25) is 0 Å². The Labute approximate surface area is 145 Å². The maximum absolute atomic E-state index is 12.4. The molecule has 2 aromatic carbocycles. The first-order valence-corrected chi connectivity index (χ1v) is 7.92. The number of nitrogens with zero attached hydrogens (tertiary/aromatic N) is 4. The first kappa shape index (κ1) is 16.6. The molecule has 0 radical (unpaired) electrons. The average Bonchev–Trinajstić information content (AvgIpc) is 3.14. The van der Waals surface area contributed by atoms with Gasteiger partial charge in [0, 0.05) is 5.69 Å². The van der Waals surface area contributed by atoms with Crippen LogP contribution < -0.4 is 10.1 Å². The summed E-state index contributed by atoms with van der Waals surface area (Å²) in [5.41, 5.74) is 3.65. The molecule has 1 heterocycles. The Morgan fingerprint density at radius 1 is 1.16 bits per heavy atom. The number of nitrogens with one attached hydrogen (secondary N) is 1. The lowest BCUT2D eigenvalue weighted by molar-refractivity contribution is -0.122. The van der Waals surface area contributed by atoms with Crippen molar-refractivity contribution >= 4 is 11.6 Å². The molecular formula is C18H19N5O2. The summed E-state index contributed by atoms with van der Waals surface area (Å²) in [6.07, 6.45) is 0.896. The lowest BCUT2D eigenvalue weighted by atomic mass is 10.1. The van der Waals surface area contributed by atoms with E-state index in [1.165, 1.54) is 11.0 Å². The van der Waals surface area contributed by atoms with E-state index in [0.717, 1.165) is 22.6 Å². The van der Waals surface area contributed by atoms with E-state index in [0.29, 0.717) is 5.69 Å². The average molecular weight is 337 g/mol. The Hall–Kier alpha value is -3.22. The van der Waals surface area contributed by atoms with Crippen LogP contribution in [0.1, 0.15) is 18.1 Å². The van der Waals surface area contributed by atoms with E-state index < -0.39 is 6.10 Å². The van der Waals surface area contributed by atoms with Gasteiger partial charge in [-0.15, -0.1) is 5.10 Å². The molecule has 7 nitrogen and oxygen atoms in total. The number of hydrogen-bond acceptors (Lipinski definition) is 5. The van der Waals surface area contributed by atoms with Crippen LogP contribution in [0.4, 0.5) is 5.69 Å². The number of tetrazole rings is 1. The standard InChI is InChI=1S/C18H19N5O2/c1-12-5-4-6-17(13(12)2)25-14(3)18(24)20-15-7-9-16(10-8-15)23-11-19-21-22-23/h4-11,14H,1-3H3,(H,20,24)/t14-/m0/s1. The van der Waals surface area contributed by atoms with Crippen molar-refractivity contribution in [1.82, 2.24) is 20.2 Å². The molecule has 0 aliphatic rings. The largest absolute Gasteiger partial charge is 0.481 e. The molecule has 0 unspecified atom stereocenters. The Bertz CT molecular complexity index is 860. The third-order valence-corrected chi connectivity index (χ3v) is 3.98. The molecular weight excluding hydrogens is 318 g/mol. The highest BCUT2D eigenvalue weighted by Crippen LogP contribution is 2.22. The van der Waals surface area contributed by atoms with Gasteiger partial charge in [-0.25, -0.2) is 4.68 Å². The summed E-state index contributed by atoms with van der Waals surface area (Å²) in [5, 5.41) is 13.8. The summed E-state index contributed by atoms with van der Waals surface area (Å²) in [4.78, 5) is 12.4. The van der Waals surface area contributed by atoms with Crippen LogP contribution in [-0.4, -0.2) is 32.2 Å². The number of anilines is 1. The first-order valence-electron chi connectivity index (χ1n) is 7.92. The number of carbonyl (C=O) groups excluding carboxylic acids is 1. The van der Waals surface area contributed by atoms with Crippen LogP contribution in [0.3, 0.4) is 0 Å². The van der Waals surface area contributed by atoms with Gasteiger partial charge in [0.2, 0.25) is 0 Å². The molecule has 0 bridgehead atoms. The third-order valence-electron chi connectivity index (χ3n) is 3.98. The normalized spacial score (nSPS) is 11.8. The van der Waals surface area contributed by atoms with Crippen molar-refractivity contribution in [3.8, 4) is 11.4 Å². The van der Waals surface area contributed by atoms with Gasteiger partial charge in [-0.3, -0.25) is 4.79 Å². The van der Waals surface area contributed by atoms with Crippen LogP contribution >= 0.6 is 0 Å². The van der Waals surface area contributed by atoms with Crippen molar-refractivity contribution in [2.24, 2.45) is 0 Å². The fourth-order valence-corrected chi connectivity index (χ4v) is 2.32. The topological polar surface area (TPSA) is 81.9 Å². The zero-order valence-electron chi connectivity index (χ0n) is 14.3. The summed E-state index contributed by atoms with van der Waals surface area (Å²) in [6, 6.07) is 13.0. The quantitative estimate of drug-likeness (QED) is 0.774. The van der Waals surface area contributed by atoms with Gasteiger partial charge in [-0.1, -0.05) is 12.1 Å². The van der Waals surface area contributed by atoms with Crippen molar-refractivity contribution in [2.75, 3.05) is 5.32 Å². The van der Waals surface area contributed by atoms with Gasteiger partial charge in [0.25, 0.3) is 5.91 Å². The highest BCUT2D eigenvalue weighted by Gasteiger charge is 2.16. The van der Waals surface area contributed by atoms with E-state index in [2.05, 4.69) is 20.8 Å². The van der Waals surface area contributed by atoms with Gasteiger partial charge in [0.05, 0.1) is 5.69 Å². The van der Waals surface area contributed by atoms with Crippen molar-refractivity contribution in [1.29, 1.82) is 0 Å². The van der Waals surface area contributed by atoms with E-state index in [9.17, 15) is 4.79 Å². The lowest BCUT2D eigenvalue weighted by Crippen LogP contribution is -2.30. The highest BCUT2D eigenvalue weighted by atomic mass is 16.5. The summed E-state index contributed by atoms with van der Waals surface area (Å²) in [7, 11) is 0. The summed E-state index contributed by atoms with van der Waals surface area (Å²) < 4.78 is 7.34. The third kappa shape index (κ3) is 3.82. The molecule has 1 amide bonds. The van der Waals surface area contributed by atoms with E-state index in [4.69, 9.17) is 4.74 Å². The van der Waals surface area contributed by atoms with E-state index in [-0.39, 0.29) is 5.91 Å². The molecule has 1 aromatic heterocycles. The maximum atomic E-state index is 12.4. The molecule has 3 rings (SSSR count). The number of carbonyl (C=O) groups is 1. The molecule has 1 atom stereocenters. The van der Waals surface area contributed by atoms with Crippen LogP contribution in [0, 0.1) is 13.8 Å². The number of benzene rings is 2. The Morgan fingerprint density at radius 2 is 1.92 bits per heavy atom. The number of aromatic nitrogens is 4. The van der Waals surface area contributed by atoms with Gasteiger partial charge in [-0.05, 0) is 72.7 Å². The van der Waals surface area contributed by atoms with E-state index >= 15 is 0 Å². The van der Waals surface area contributed by atoms with E-state index in [1.54, 1.807) is 19.1 Å². The van der Waals surface area contributed by atoms with Crippen LogP contribution in [0.15, 0.2) is 48.8 Å².